The molecule has 4 nitrogen and oxygen atoms in total. The van der Waals surface area contributed by atoms with Crippen LogP contribution in [0.15, 0.2) is 23.1 Å². The summed E-state index contributed by atoms with van der Waals surface area (Å²) >= 11 is 0. The van der Waals surface area contributed by atoms with Gasteiger partial charge in [-0.3, -0.25) is 0 Å². The lowest BCUT2D eigenvalue weighted by Crippen LogP contribution is -2.32. The van der Waals surface area contributed by atoms with E-state index in [2.05, 4.69) is 0 Å². The molecule has 5 heteroatoms. The molecule has 0 saturated heterocycles. The average molecular weight is 291 g/mol. The van der Waals surface area contributed by atoms with Gasteiger partial charge in [-0.15, -0.1) is 0 Å². The molecule has 0 saturated carbocycles. The number of allylic oxidation sites excluding steroid dienone is 1. The van der Waals surface area contributed by atoms with Crippen molar-refractivity contribution in [1.29, 1.82) is 5.26 Å². The molecule has 20 heavy (non-hydrogen) atoms. The Bertz CT molecular complexity index is 709. The molecule has 0 N–H and O–H groups in total. The minimum atomic E-state index is -3.48. The van der Waals surface area contributed by atoms with Gasteiger partial charge in [0.25, 0.3) is 0 Å². The van der Waals surface area contributed by atoms with Crippen molar-refractivity contribution in [3.05, 3.63) is 34.2 Å². The normalized spacial score (nSPS) is 17.8. The first-order chi connectivity index (χ1) is 9.21. The molecule has 0 fully saturated rings. The Kier molecular flexibility index (Phi) is 3.61. The molecule has 0 atom stereocenters. The molecular formula is C15H17NO3S. The second-order valence-corrected chi connectivity index (χ2v) is 7.61. The molecule has 1 heterocycles. The number of aryl methyl sites for hydroxylation is 1. The van der Waals surface area contributed by atoms with Crippen LogP contribution in [-0.2, 0) is 16.3 Å². The number of fused-ring (bicyclic) bond motifs is 1. The largest absolute Gasteiger partial charge is 0.488 e. The van der Waals surface area contributed by atoms with E-state index < -0.39 is 9.84 Å². The number of hydrogen-bond donors (Lipinski definition) is 0. The highest BCUT2D eigenvalue weighted by molar-refractivity contribution is 7.95. The predicted molar refractivity (Wildman–Crippen MR) is 77.9 cm³/mol. The van der Waals surface area contributed by atoms with Gasteiger partial charge >= 0.3 is 0 Å². The van der Waals surface area contributed by atoms with Crippen molar-refractivity contribution in [3.8, 4) is 11.8 Å². The number of benzene rings is 1. The second-order valence-electron chi connectivity index (χ2n) is 5.62. The Balaban J connectivity index is 2.39. The van der Waals surface area contributed by atoms with Crippen molar-refractivity contribution in [2.24, 2.45) is 0 Å². The van der Waals surface area contributed by atoms with Gasteiger partial charge in [-0.2, -0.15) is 5.26 Å². The highest BCUT2D eigenvalue weighted by atomic mass is 32.2. The standard InChI is InChI=1S/C15H17NO3S/c1-15(2)7-6-12-8-11(4-5-14(12)19-15)9-13(10-16)20(3,17)18/h4-5,8-9H,6-7H2,1-3H3/b13-9-. The fourth-order valence-electron chi connectivity index (χ4n) is 2.14. The Hall–Kier alpha value is -1.80. The lowest BCUT2D eigenvalue weighted by atomic mass is 9.93. The van der Waals surface area contributed by atoms with Gasteiger partial charge in [0.2, 0.25) is 0 Å². The lowest BCUT2D eigenvalue weighted by Gasteiger charge is -2.32. The molecule has 0 unspecified atom stereocenters. The van der Waals surface area contributed by atoms with Crippen molar-refractivity contribution in [2.75, 3.05) is 6.26 Å². The highest BCUT2D eigenvalue weighted by Gasteiger charge is 2.26. The van der Waals surface area contributed by atoms with Gasteiger partial charge in [0.05, 0.1) is 0 Å². The van der Waals surface area contributed by atoms with Gasteiger partial charge in [-0.25, -0.2) is 8.42 Å². The van der Waals surface area contributed by atoms with E-state index >= 15 is 0 Å². The van der Waals surface area contributed by atoms with Gasteiger partial charge < -0.3 is 4.74 Å². The van der Waals surface area contributed by atoms with E-state index in [1.54, 1.807) is 12.1 Å². The molecule has 1 aromatic carbocycles. The van der Waals surface area contributed by atoms with Crippen LogP contribution >= 0.6 is 0 Å². The fourth-order valence-corrected chi connectivity index (χ4v) is 2.66. The first kappa shape index (κ1) is 14.6. The van der Waals surface area contributed by atoms with E-state index in [0.29, 0.717) is 5.56 Å². The number of nitriles is 1. The smallest absolute Gasteiger partial charge is 0.185 e. The first-order valence-electron chi connectivity index (χ1n) is 6.35. The molecular weight excluding hydrogens is 274 g/mol. The molecule has 1 aromatic rings. The van der Waals surface area contributed by atoms with Crippen LogP contribution in [0.4, 0.5) is 0 Å². The molecule has 0 amide bonds. The third-order valence-electron chi connectivity index (χ3n) is 3.27. The lowest BCUT2D eigenvalue weighted by molar-refractivity contribution is 0.0847. The predicted octanol–water partition coefficient (Wildman–Crippen LogP) is 2.70. The Morgan fingerprint density at radius 2 is 2.15 bits per heavy atom. The Morgan fingerprint density at radius 3 is 2.75 bits per heavy atom. The van der Waals surface area contributed by atoms with E-state index in [4.69, 9.17) is 10.00 Å². The van der Waals surface area contributed by atoms with Gasteiger partial charge in [-0.05, 0) is 56.0 Å². The van der Waals surface area contributed by atoms with E-state index in [1.807, 2.05) is 26.0 Å². The van der Waals surface area contributed by atoms with Crippen LogP contribution in [-0.4, -0.2) is 20.3 Å². The molecule has 0 aliphatic carbocycles. The summed E-state index contributed by atoms with van der Waals surface area (Å²) in [6, 6.07) is 7.21. The maximum Gasteiger partial charge on any atom is 0.185 e. The van der Waals surface area contributed by atoms with Crippen molar-refractivity contribution in [2.45, 2.75) is 32.3 Å². The van der Waals surface area contributed by atoms with E-state index in [-0.39, 0.29) is 10.5 Å². The topological polar surface area (TPSA) is 67.2 Å². The molecule has 2 rings (SSSR count). The third-order valence-corrected chi connectivity index (χ3v) is 4.28. The van der Waals surface area contributed by atoms with Gasteiger partial charge in [-0.1, -0.05) is 6.07 Å². The molecule has 1 aliphatic heterocycles. The number of rotatable bonds is 2. The summed E-state index contributed by atoms with van der Waals surface area (Å²) in [7, 11) is -3.48. The summed E-state index contributed by atoms with van der Waals surface area (Å²) in [6.07, 6.45) is 4.22. The average Bonchev–Trinajstić information content (AvgIpc) is 2.33. The van der Waals surface area contributed by atoms with Gasteiger partial charge in [0.15, 0.2) is 9.84 Å². The molecule has 0 aromatic heterocycles. The zero-order valence-electron chi connectivity index (χ0n) is 11.8. The molecule has 1 aliphatic rings. The summed E-state index contributed by atoms with van der Waals surface area (Å²) in [5, 5.41) is 8.91. The summed E-state index contributed by atoms with van der Waals surface area (Å²) in [5.74, 6) is 0.830. The quantitative estimate of drug-likeness (QED) is 0.786. The van der Waals surface area contributed by atoms with Gasteiger partial charge in [0.1, 0.15) is 22.3 Å². The Morgan fingerprint density at radius 1 is 1.45 bits per heavy atom. The maximum atomic E-state index is 11.4. The van der Waals surface area contributed by atoms with Crippen molar-refractivity contribution in [3.63, 3.8) is 0 Å². The SMILES string of the molecule is CC1(C)CCc2cc(/C=C(/C#N)S(C)(=O)=O)ccc2O1. The Labute approximate surface area is 119 Å². The van der Waals surface area contributed by atoms with Crippen molar-refractivity contribution in [1.82, 2.24) is 0 Å². The minimum absolute atomic E-state index is 0.172. The summed E-state index contributed by atoms with van der Waals surface area (Å²) in [4.78, 5) is -0.227. The van der Waals surface area contributed by atoms with Crippen LogP contribution in [0.1, 0.15) is 31.4 Å². The monoisotopic (exact) mass is 291 g/mol. The molecule has 0 radical (unpaired) electrons. The zero-order valence-corrected chi connectivity index (χ0v) is 12.6. The van der Waals surface area contributed by atoms with E-state index in [0.717, 1.165) is 30.4 Å². The number of nitrogens with zero attached hydrogens (tertiary/aromatic N) is 1. The van der Waals surface area contributed by atoms with Crippen LogP contribution < -0.4 is 4.74 Å². The maximum absolute atomic E-state index is 11.4. The van der Waals surface area contributed by atoms with Crippen molar-refractivity contribution < 1.29 is 13.2 Å². The minimum Gasteiger partial charge on any atom is -0.488 e. The van der Waals surface area contributed by atoms with Crippen LogP contribution in [0.5, 0.6) is 5.75 Å². The van der Waals surface area contributed by atoms with Crippen molar-refractivity contribution >= 4 is 15.9 Å². The van der Waals surface area contributed by atoms with E-state index in [1.165, 1.54) is 6.08 Å². The fraction of sp³-hybridized carbons (Fsp3) is 0.400. The summed E-state index contributed by atoms with van der Waals surface area (Å²) in [6.45, 7) is 4.09. The van der Waals surface area contributed by atoms with Crippen LogP contribution in [0.3, 0.4) is 0 Å². The van der Waals surface area contributed by atoms with Crippen LogP contribution in [0.2, 0.25) is 0 Å². The second kappa shape index (κ2) is 4.95. The third kappa shape index (κ3) is 3.20. The van der Waals surface area contributed by atoms with Crippen LogP contribution in [0, 0.1) is 11.3 Å². The van der Waals surface area contributed by atoms with Gasteiger partial charge in [0, 0.05) is 6.26 Å². The summed E-state index contributed by atoms with van der Waals surface area (Å²) in [5.41, 5.74) is 1.58. The first-order valence-corrected chi connectivity index (χ1v) is 8.24. The number of sulfone groups is 1. The van der Waals surface area contributed by atoms with Crippen LogP contribution in [0.25, 0.3) is 6.08 Å². The molecule has 0 bridgehead atoms. The summed E-state index contributed by atoms with van der Waals surface area (Å²) < 4.78 is 28.7. The zero-order chi connectivity index (χ0) is 15.0. The molecule has 106 valence electrons. The molecule has 0 spiro atoms. The highest BCUT2D eigenvalue weighted by Crippen LogP contribution is 2.33. The number of hydrogen-bond acceptors (Lipinski definition) is 4. The number of ether oxygens (including phenoxy) is 1. The van der Waals surface area contributed by atoms with E-state index in [9.17, 15) is 8.42 Å².